The van der Waals surface area contributed by atoms with Gasteiger partial charge in [-0.15, -0.1) is 16.4 Å². The number of nitrogens with zero attached hydrogens (tertiary/aromatic N) is 7. The Balaban J connectivity index is 1.14. The number of thiazole rings is 1. The number of aromatic nitrogens is 6. The van der Waals surface area contributed by atoms with E-state index in [9.17, 15) is 0 Å². The van der Waals surface area contributed by atoms with E-state index in [0.717, 1.165) is 48.9 Å². The zero-order valence-corrected chi connectivity index (χ0v) is 18.1. The van der Waals surface area contributed by atoms with Crippen LogP contribution in [0.5, 0.6) is 5.75 Å². The topological polar surface area (TPSA) is 81.9 Å². The van der Waals surface area contributed by atoms with Gasteiger partial charge in [0.05, 0.1) is 16.4 Å². The number of tetrazole rings is 1. The van der Waals surface area contributed by atoms with E-state index in [4.69, 9.17) is 9.72 Å². The van der Waals surface area contributed by atoms with Crippen LogP contribution in [0.2, 0.25) is 0 Å². The molecule has 0 amide bonds. The molecule has 8 nitrogen and oxygen atoms in total. The molecule has 5 rings (SSSR count). The van der Waals surface area contributed by atoms with Gasteiger partial charge >= 0.3 is 0 Å². The predicted molar refractivity (Wildman–Crippen MR) is 119 cm³/mol. The van der Waals surface area contributed by atoms with Gasteiger partial charge in [-0.25, -0.2) is 14.6 Å². The van der Waals surface area contributed by atoms with Gasteiger partial charge in [0, 0.05) is 30.6 Å². The molecule has 0 spiro atoms. The molecule has 4 heterocycles. The largest absolute Gasteiger partial charge is 0.487 e. The summed E-state index contributed by atoms with van der Waals surface area (Å²) < 4.78 is 7.52. The number of anilines is 1. The van der Waals surface area contributed by atoms with E-state index in [1.54, 1.807) is 22.3 Å². The highest BCUT2D eigenvalue weighted by Gasteiger charge is 2.23. The monoisotopic (exact) mass is 433 g/mol. The molecule has 0 bridgehead atoms. The quantitative estimate of drug-likeness (QED) is 0.458. The maximum Gasteiger partial charge on any atom is 0.143 e. The van der Waals surface area contributed by atoms with E-state index in [2.05, 4.69) is 49.8 Å². The molecule has 0 unspecified atom stereocenters. The van der Waals surface area contributed by atoms with Crippen molar-refractivity contribution in [3.63, 3.8) is 0 Å². The second-order valence-electron chi connectivity index (χ2n) is 7.67. The van der Waals surface area contributed by atoms with Crippen molar-refractivity contribution in [2.45, 2.75) is 32.3 Å². The van der Waals surface area contributed by atoms with E-state index < -0.39 is 0 Å². The van der Waals surface area contributed by atoms with Gasteiger partial charge in [0.2, 0.25) is 0 Å². The van der Waals surface area contributed by atoms with Crippen molar-refractivity contribution in [3.05, 3.63) is 70.6 Å². The van der Waals surface area contributed by atoms with Gasteiger partial charge < -0.3 is 9.64 Å². The molecule has 0 aliphatic carbocycles. The lowest BCUT2D eigenvalue weighted by Gasteiger charge is -2.32. The number of hydrogen-bond donors (Lipinski definition) is 0. The average Bonchev–Trinajstić information content (AvgIpc) is 3.51. The zero-order chi connectivity index (χ0) is 21.0. The summed E-state index contributed by atoms with van der Waals surface area (Å²) in [6.45, 7) is 4.56. The maximum absolute atomic E-state index is 5.92. The summed E-state index contributed by atoms with van der Waals surface area (Å²) in [7, 11) is 0. The molecule has 1 aliphatic heterocycles. The first-order valence-corrected chi connectivity index (χ1v) is 11.2. The number of hydrogen-bond acceptors (Lipinski definition) is 8. The molecule has 0 radical (unpaired) electrons. The number of piperidine rings is 1. The Morgan fingerprint density at radius 3 is 2.65 bits per heavy atom. The smallest absolute Gasteiger partial charge is 0.143 e. The van der Waals surface area contributed by atoms with Gasteiger partial charge in [0.15, 0.2) is 0 Å². The van der Waals surface area contributed by atoms with Gasteiger partial charge in [-0.1, -0.05) is 6.07 Å². The van der Waals surface area contributed by atoms with Crippen LogP contribution in [0.4, 0.5) is 5.82 Å². The van der Waals surface area contributed by atoms with Crippen LogP contribution < -0.4 is 9.64 Å². The Kier molecular flexibility index (Phi) is 5.57. The molecular weight excluding hydrogens is 410 g/mol. The van der Waals surface area contributed by atoms with Crippen LogP contribution >= 0.6 is 11.3 Å². The fourth-order valence-electron chi connectivity index (χ4n) is 3.71. The van der Waals surface area contributed by atoms with Crippen molar-refractivity contribution in [1.82, 2.24) is 30.2 Å². The number of pyridine rings is 1. The Morgan fingerprint density at radius 1 is 1.10 bits per heavy atom. The zero-order valence-electron chi connectivity index (χ0n) is 17.3. The van der Waals surface area contributed by atoms with Gasteiger partial charge in [-0.3, -0.25) is 0 Å². The normalized spacial score (nSPS) is 14.7. The summed E-state index contributed by atoms with van der Waals surface area (Å²) >= 11 is 1.74. The highest BCUT2D eigenvalue weighted by Crippen LogP contribution is 2.32. The number of benzene rings is 1. The van der Waals surface area contributed by atoms with Crippen molar-refractivity contribution in [3.8, 4) is 11.4 Å². The van der Waals surface area contributed by atoms with Crippen molar-refractivity contribution in [1.29, 1.82) is 0 Å². The second kappa shape index (κ2) is 8.81. The van der Waals surface area contributed by atoms with Crippen molar-refractivity contribution < 1.29 is 4.74 Å². The van der Waals surface area contributed by atoms with Crippen molar-refractivity contribution in [2.24, 2.45) is 0 Å². The summed E-state index contributed by atoms with van der Waals surface area (Å²) in [5, 5.41) is 14.5. The van der Waals surface area contributed by atoms with Crippen molar-refractivity contribution >= 4 is 17.2 Å². The average molecular weight is 434 g/mol. The van der Waals surface area contributed by atoms with Crippen molar-refractivity contribution in [2.75, 3.05) is 18.0 Å². The fraction of sp³-hybridized carbons (Fsp3) is 0.318. The first kappa shape index (κ1) is 19.6. The van der Waals surface area contributed by atoms with Gasteiger partial charge in [-0.2, -0.15) is 0 Å². The molecule has 1 aliphatic rings. The first-order valence-electron chi connectivity index (χ1n) is 10.3. The van der Waals surface area contributed by atoms with E-state index in [0.29, 0.717) is 12.5 Å². The van der Waals surface area contributed by atoms with Crippen LogP contribution in [-0.4, -0.2) is 43.3 Å². The lowest BCUT2D eigenvalue weighted by Crippen LogP contribution is -2.33. The lowest BCUT2D eigenvalue weighted by atomic mass is 9.97. The van der Waals surface area contributed by atoms with E-state index in [1.165, 1.54) is 10.6 Å². The molecule has 1 saturated heterocycles. The summed E-state index contributed by atoms with van der Waals surface area (Å²) in [5.41, 5.74) is 3.06. The SMILES string of the molecule is Cc1ccc(N2CCC(c3nc(COc4ccc(-n5cnnn5)cc4)cs3)CC2)nc1. The van der Waals surface area contributed by atoms with Gasteiger partial charge in [-0.05, 0) is 66.1 Å². The third kappa shape index (κ3) is 4.56. The molecule has 0 atom stereocenters. The minimum atomic E-state index is 0.465. The summed E-state index contributed by atoms with van der Waals surface area (Å²) in [5.74, 6) is 2.38. The van der Waals surface area contributed by atoms with Gasteiger partial charge in [0.1, 0.15) is 24.5 Å². The molecule has 31 heavy (non-hydrogen) atoms. The highest BCUT2D eigenvalue weighted by atomic mass is 32.1. The molecule has 9 heteroatoms. The minimum Gasteiger partial charge on any atom is -0.487 e. The maximum atomic E-state index is 5.92. The van der Waals surface area contributed by atoms with E-state index >= 15 is 0 Å². The van der Waals surface area contributed by atoms with Crippen LogP contribution in [0.15, 0.2) is 54.3 Å². The molecule has 4 aromatic rings. The molecule has 158 valence electrons. The van der Waals surface area contributed by atoms with E-state index in [-0.39, 0.29) is 0 Å². The molecule has 0 N–H and O–H groups in total. The van der Waals surface area contributed by atoms with E-state index in [1.807, 2.05) is 30.5 Å². The molecule has 0 saturated carbocycles. The highest BCUT2D eigenvalue weighted by molar-refractivity contribution is 7.09. The molecular formula is C22H23N7OS. The van der Waals surface area contributed by atoms with Crippen LogP contribution in [-0.2, 0) is 6.61 Å². The number of aryl methyl sites for hydroxylation is 1. The first-order chi connectivity index (χ1) is 15.2. The second-order valence-corrected chi connectivity index (χ2v) is 8.56. The third-order valence-electron chi connectivity index (χ3n) is 5.47. The Labute approximate surface area is 184 Å². The number of rotatable bonds is 6. The molecule has 1 fully saturated rings. The Hall–Kier alpha value is -3.33. The summed E-state index contributed by atoms with van der Waals surface area (Å²) in [4.78, 5) is 11.8. The van der Waals surface area contributed by atoms with Gasteiger partial charge in [0.25, 0.3) is 0 Å². The van der Waals surface area contributed by atoms with Crippen LogP contribution in [0.3, 0.4) is 0 Å². The van der Waals surface area contributed by atoms with Crippen LogP contribution in [0.25, 0.3) is 5.69 Å². The Morgan fingerprint density at radius 2 is 1.94 bits per heavy atom. The fourth-order valence-corrected chi connectivity index (χ4v) is 4.69. The molecule has 3 aromatic heterocycles. The lowest BCUT2D eigenvalue weighted by molar-refractivity contribution is 0.301. The summed E-state index contributed by atoms with van der Waals surface area (Å²) in [6, 6.07) is 11.9. The molecule has 1 aromatic carbocycles. The third-order valence-corrected chi connectivity index (χ3v) is 6.53. The predicted octanol–water partition coefficient (Wildman–Crippen LogP) is 3.79. The minimum absolute atomic E-state index is 0.465. The van der Waals surface area contributed by atoms with Crippen LogP contribution in [0.1, 0.15) is 35.0 Å². The standard InChI is InChI=1S/C22H23N7OS/c1-16-2-7-21(23-12-16)28-10-8-17(9-11-28)22-25-18(14-31-22)13-30-20-5-3-19(4-6-20)29-15-24-26-27-29/h2-7,12,14-15,17H,8-11,13H2,1H3. The number of ether oxygens (including phenoxy) is 1. The van der Waals surface area contributed by atoms with Crippen LogP contribution in [0, 0.1) is 6.92 Å². The Bertz CT molecular complexity index is 1100. The summed E-state index contributed by atoms with van der Waals surface area (Å²) in [6.07, 6.45) is 5.70.